The van der Waals surface area contributed by atoms with Gasteiger partial charge >= 0.3 is 5.97 Å². The first-order valence-corrected chi connectivity index (χ1v) is 6.92. The SMILES string of the molecule is C=CC[C@H]1[C@H](OC(=O)c2ccccc2)C[C@@H]2OC[C@H]1O2. The Kier molecular flexibility index (Phi) is 3.85. The average Bonchev–Trinajstić information content (AvgIpc) is 2.87. The maximum Gasteiger partial charge on any atom is 0.338 e. The van der Waals surface area contributed by atoms with Crippen molar-refractivity contribution in [1.82, 2.24) is 0 Å². The number of benzene rings is 1. The summed E-state index contributed by atoms with van der Waals surface area (Å²) in [4.78, 5) is 12.2. The molecule has 2 aliphatic heterocycles. The molecular weight excluding hydrogens is 256 g/mol. The molecule has 20 heavy (non-hydrogen) atoms. The Hall–Kier alpha value is -1.65. The number of fused-ring (bicyclic) bond motifs is 2. The first kappa shape index (κ1) is 13.3. The minimum atomic E-state index is -0.286. The van der Waals surface area contributed by atoms with Crippen molar-refractivity contribution >= 4 is 5.97 Å². The molecule has 2 bridgehead atoms. The minimum Gasteiger partial charge on any atom is -0.458 e. The van der Waals surface area contributed by atoms with Crippen molar-refractivity contribution in [1.29, 1.82) is 0 Å². The van der Waals surface area contributed by atoms with Crippen LogP contribution >= 0.6 is 0 Å². The third-order valence-corrected chi connectivity index (χ3v) is 3.86. The van der Waals surface area contributed by atoms with Crippen molar-refractivity contribution in [2.75, 3.05) is 6.61 Å². The number of carbonyl (C=O) groups excluding carboxylic acids is 1. The van der Waals surface area contributed by atoms with Gasteiger partial charge in [0.1, 0.15) is 6.10 Å². The summed E-state index contributed by atoms with van der Waals surface area (Å²) in [6, 6.07) is 9.05. The summed E-state index contributed by atoms with van der Waals surface area (Å²) >= 11 is 0. The Bertz CT molecular complexity index is 485. The van der Waals surface area contributed by atoms with Gasteiger partial charge in [-0.25, -0.2) is 4.79 Å². The zero-order chi connectivity index (χ0) is 13.9. The van der Waals surface area contributed by atoms with E-state index in [0.29, 0.717) is 18.6 Å². The van der Waals surface area contributed by atoms with E-state index in [1.54, 1.807) is 12.1 Å². The first-order valence-electron chi connectivity index (χ1n) is 6.92. The minimum absolute atomic E-state index is 0.000299. The predicted molar refractivity (Wildman–Crippen MR) is 73.2 cm³/mol. The van der Waals surface area contributed by atoms with E-state index in [4.69, 9.17) is 14.2 Å². The number of hydrogen-bond donors (Lipinski definition) is 0. The maximum atomic E-state index is 12.2. The van der Waals surface area contributed by atoms with Crippen molar-refractivity contribution in [3.63, 3.8) is 0 Å². The molecule has 0 unspecified atom stereocenters. The van der Waals surface area contributed by atoms with Crippen molar-refractivity contribution in [2.45, 2.75) is 31.3 Å². The molecule has 4 atom stereocenters. The number of esters is 1. The standard InChI is InChI=1S/C16H18O4/c1-2-6-12-13(9-15-18-10-14(12)19-15)20-16(17)11-7-4-3-5-8-11/h2-5,7-8,12-15H,1,6,9-10H2/t12-,13+,14+,15+/m0/s1. The summed E-state index contributed by atoms with van der Waals surface area (Å²) in [5.74, 6) is -0.162. The van der Waals surface area contributed by atoms with Crippen LogP contribution in [0.15, 0.2) is 43.0 Å². The van der Waals surface area contributed by atoms with Crippen molar-refractivity contribution in [2.24, 2.45) is 5.92 Å². The van der Waals surface area contributed by atoms with E-state index in [0.717, 1.165) is 6.42 Å². The van der Waals surface area contributed by atoms with E-state index in [1.165, 1.54) is 0 Å². The Morgan fingerprint density at radius 2 is 2.20 bits per heavy atom. The fraction of sp³-hybridized carbons (Fsp3) is 0.438. The second-order valence-electron chi connectivity index (χ2n) is 5.17. The molecule has 0 saturated carbocycles. The topological polar surface area (TPSA) is 44.8 Å². The van der Waals surface area contributed by atoms with Crippen molar-refractivity contribution < 1.29 is 19.0 Å². The monoisotopic (exact) mass is 274 g/mol. The van der Waals surface area contributed by atoms with E-state index in [2.05, 4.69) is 6.58 Å². The highest BCUT2D eigenvalue weighted by Gasteiger charge is 2.45. The van der Waals surface area contributed by atoms with E-state index in [-0.39, 0.29) is 30.4 Å². The van der Waals surface area contributed by atoms with Gasteiger partial charge in [0.2, 0.25) is 0 Å². The van der Waals surface area contributed by atoms with Crippen molar-refractivity contribution in [3.05, 3.63) is 48.6 Å². The van der Waals surface area contributed by atoms with Crippen LogP contribution in [0.4, 0.5) is 0 Å². The van der Waals surface area contributed by atoms with Crippen LogP contribution in [0.1, 0.15) is 23.2 Å². The molecule has 2 fully saturated rings. The van der Waals surface area contributed by atoms with Gasteiger partial charge in [-0.1, -0.05) is 24.3 Å². The molecule has 2 heterocycles. The second kappa shape index (κ2) is 5.77. The van der Waals surface area contributed by atoms with Crippen LogP contribution in [0.5, 0.6) is 0 Å². The molecule has 4 nitrogen and oxygen atoms in total. The highest BCUT2D eigenvalue weighted by molar-refractivity contribution is 5.89. The quantitative estimate of drug-likeness (QED) is 0.625. The largest absolute Gasteiger partial charge is 0.458 e. The van der Waals surface area contributed by atoms with Gasteiger partial charge in [-0.05, 0) is 18.6 Å². The third kappa shape index (κ3) is 2.62. The normalized spacial score (nSPS) is 31.8. The zero-order valence-electron chi connectivity index (χ0n) is 11.2. The van der Waals surface area contributed by atoms with E-state index in [9.17, 15) is 4.79 Å². The maximum absolute atomic E-state index is 12.2. The van der Waals surface area contributed by atoms with Gasteiger partial charge in [0.15, 0.2) is 6.29 Å². The Morgan fingerprint density at radius 3 is 2.95 bits per heavy atom. The van der Waals surface area contributed by atoms with Gasteiger partial charge in [-0.3, -0.25) is 0 Å². The molecule has 0 N–H and O–H groups in total. The van der Waals surface area contributed by atoms with Gasteiger partial charge in [-0.15, -0.1) is 6.58 Å². The van der Waals surface area contributed by atoms with E-state index < -0.39 is 0 Å². The van der Waals surface area contributed by atoms with Crippen LogP contribution in [-0.4, -0.2) is 31.1 Å². The van der Waals surface area contributed by atoms with Crippen LogP contribution in [0, 0.1) is 5.92 Å². The summed E-state index contributed by atoms with van der Waals surface area (Å²) in [5, 5.41) is 0. The van der Waals surface area contributed by atoms with Crippen LogP contribution in [0.25, 0.3) is 0 Å². The zero-order valence-corrected chi connectivity index (χ0v) is 11.2. The molecule has 2 saturated heterocycles. The second-order valence-corrected chi connectivity index (χ2v) is 5.17. The molecule has 0 amide bonds. The van der Waals surface area contributed by atoms with Crippen LogP contribution in [0.2, 0.25) is 0 Å². The lowest BCUT2D eigenvalue weighted by Crippen LogP contribution is -2.42. The summed E-state index contributed by atoms with van der Waals surface area (Å²) in [6.07, 6.45) is 2.78. The highest BCUT2D eigenvalue weighted by Crippen LogP contribution is 2.36. The smallest absolute Gasteiger partial charge is 0.338 e. The highest BCUT2D eigenvalue weighted by atomic mass is 16.7. The molecule has 3 rings (SSSR count). The number of allylic oxidation sites excluding steroid dienone is 1. The molecule has 0 aromatic heterocycles. The number of carbonyl (C=O) groups is 1. The fourth-order valence-corrected chi connectivity index (χ4v) is 2.84. The lowest BCUT2D eigenvalue weighted by atomic mass is 9.89. The number of ether oxygens (including phenoxy) is 3. The molecular formula is C16H18O4. The predicted octanol–water partition coefficient (Wildman–Crippen LogP) is 2.55. The molecule has 0 radical (unpaired) electrons. The van der Waals surface area contributed by atoms with Gasteiger partial charge in [-0.2, -0.15) is 0 Å². The molecule has 106 valence electrons. The van der Waals surface area contributed by atoms with E-state index in [1.807, 2.05) is 24.3 Å². The van der Waals surface area contributed by atoms with Gasteiger partial charge in [0, 0.05) is 12.3 Å². The third-order valence-electron chi connectivity index (χ3n) is 3.86. The molecule has 2 aliphatic rings. The Morgan fingerprint density at radius 1 is 1.40 bits per heavy atom. The summed E-state index contributed by atoms with van der Waals surface area (Å²) in [7, 11) is 0. The number of hydrogen-bond acceptors (Lipinski definition) is 4. The lowest BCUT2D eigenvalue weighted by Gasteiger charge is -2.34. The lowest BCUT2D eigenvalue weighted by molar-refractivity contribution is -0.143. The van der Waals surface area contributed by atoms with Crippen LogP contribution in [-0.2, 0) is 14.2 Å². The fourth-order valence-electron chi connectivity index (χ4n) is 2.84. The molecule has 0 spiro atoms. The number of rotatable bonds is 4. The average molecular weight is 274 g/mol. The van der Waals surface area contributed by atoms with Gasteiger partial charge < -0.3 is 14.2 Å². The van der Waals surface area contributed by atoms with Crippen molar-refractivity contribution in [3.8, 4) is 0 Å². The molecule has 1 aromatic rings. The molecule has 4 heteroatoms. The van der Waals surface area contributed by atoms with E-state index >= 15 is 0 Å². The first-order chi connectivity index (χ1) is 9.78. The van der Waals surface area contributed by atoms with Gasteiger partial charge in [0.05, 0.1) is 18.3 Å². The Labute approximate surface area is 118 Å². The van der Waals surface area contributed by atoms with Gasteiger partial charge in [0.25, 0.3) is 0 Å². The summed E-state index contributed by atoms with van der Waals surface area (Å²) in [5.41, 5.74) is 0.574. The van der Waals surface area contributed by atoms with Crippen LogP contribution in [0.3, 0.4) is 0 Å². The Balaban J connectivity index is 1.71. The summed E-state index contributed by atoms with van der Waals surface area (Å²) < 4.78 is 16.9. The molecule has 0 aliphatic carbocycles. The summed E-state index contributed by atoms with van der Waals surface area (Å²) in [6.45, 7) is 4.34. The molecule has 1 aromatic carbocycles. The van der Waals surface area contributed by atoms with Crippen LogP contribution < -0.4 is 0 Å².